The molecule has 6 heteroatoms. The van der Waals surface area contributed by atoms with Crippen molar-refractivity contribution in [3.8, 4) is 0 Å². The molecule has 1 saturated heterocycles. The second kappa shape index (κ2) is 5.44. The predicted molar refractivity (Wildman–Crippen MR) is 80.4 cm³/mol. The average Bonchev–Trinajstić information content (AvgIpc) is 2.93. The van der Waals surface area contributed by atoms with Gasteiger partial charge in [-0.25, -0.2) is 4.98 Å². The first-order valence-corrected chi connectivity index (χ1v) is 7.78. The molecule has 2 unspecified atom stereocenters. The molecular formula is C15H16N2O3S. The number of aliphatic carboxylic acids is 1. The maximum absolute atomic E-state index is 12.6. The lowest BCUT2D eigenvalue weighted by Crippen LogP contribution is -2.45. The van der Waals surface area contributed by atoms with Gasteiger partial charge < -0.3 is 10.0 Å². The van der Waals surface area contributed by atoms with Gasteiger partial charge >= 0.3 is 5.97 Å². The Morgan fingerprint density at radius 2 is 2.19 bits per heavy atom. The highest BCUT2D eigenvalue weighted by molar-refractivity contribution is 7.16. The number of benzene rings is 1. The van der Waals surface area contributed by atoms with Crippen LogP contribution in [0.1, 0.15) is 23.7 Å². The molecule has 1 fully saturated rings. The highest BCUT2D eigenvalue weighted by atomic mass is 32.1. The number of fused-ring (bicyclic) bond motifs is 1. The van der Waals surface area contributed by atoms with Gasteiger partial charge in [0.2, 0.25) is 0 Å². The Hall–Kier alpha value is -1.95. The maximum Gasteiger partial charge on any atom is 0.308 e. The number of thiazole rings is 1. The number of hydrogen-bond donors (Lipinski definition) is 1. The number of likely N-dealkylation sites (tertiary alicyclic amines) is 1. The Morgan fingerprint density at radius 1 is 1.38 bits per heavy atom. The molecule has 5 nitrogen and oxygen atoms in total. The summed E-state index contributed by atoms with van der Waals surface area (Å²) in [7, 11) is 0. The van der Waals surface area contributed by atoms with Crippen LogP contribution in [-0.4, -0.2) is 40.0 Å². The van der Waals surface area contributed by atoms with Crippen molar-refractivity contribution < 1.29 is 14.7 Å². The molecule has 1 aliphatic rings. The molecule has 0 bridgehead atoms. The average molecular weight is 304 g/mol. The zero-order valence-corrected chi connectivity index (χ0v) is 12.5. The molecular weight excluding hydrogens is 288 g/mol. The number of aromatic nitrogens is 1. The molecule has 0 saturated carbocycles. The van der Waals surface area contributed by atoms with Gasteiger partial charge in [-0.2, -0.15) is 0 Å². The topological polar surface area (TPSA) is 70.5 Å². The van der Waals surface area contributed by atoms with E-state index in [0.717, 1.165) is 10.2 Å². The summed E-state index contributed by atoms with van der Waals surface area (Å²) in [6.07, 6.45) is 0.632. The molecule has 0 aliphatic carbocycles. The summed E-state index contributed by atoms with van der Waals surface area (Å²) in [5.41, 5.74) is 3.24. The Labute approximate surface area is 126 Å². The minimum Gasteiger partial charge on any atom is -0.481 e. The van der Waals surface area contributed by atoms with Gasteiger partial charge in [0.1, 0.15) is 0 Å². The number of carboxylic acids is 1. The molecule has 1 aromatic carbocycles. The molecule has 1 aromatic heterocycles. The molecule has 2 heterocycles. The smallest absolute Gasteiger partial charge is 0.308 e. The van der Waals surface area contributed by atoms with E-state index in [0.29, 0.717) is 25.1 Å². The fourth-order valence-electron chi connectivity index (χ4n) is 2.87. The summed E-state index contributed by atoms with van der Waals surface area (Å²) in [5.74, 6) is -1.18. The third kappa shape index (κ3) is 2.76. The number of carbonyl (C=O) groups is 2. The standard InChI is InChI=1S/C15H16N2O3S/c1-9-4-11(15(19)20)7-17(6-9)14(18)10-2-3-12-13(5-10)21-8-16-12/h2-3,5,8-9,11H,4,6-7H2,1H3,(H,19,20). The third-order valence-electron chi connectivity index (χ3n) is 3.87. The van der Waals surface area contributed by atoms with E-state index in [1.807, 2.05) is 19.1 Å². The molecule has 2 aromatic rings. The van der Waals surface area contributed by atoms with Crippen LogP contribution < -0.4 is 0 Å². The minimum atomic E-state index is -0.822. The van der Waals surface area contributed by atoms with Crippen LogP contribution in [0, 0.1) is 11.8 Å². The molecule has 1 aliphatic heterocycles. The van der Waals surface area contributed by atoms with Gasteiger partial charge in [0.25, 0.3) is 5.91 Å². The summed E-state index contributed by atoms with van der Waals surface area (Å²) >= 11 is 1.50. The second-order valence-electron chi connectivity index (χ2n) is 5.62. The first-order chi connectivity index (χ1) is 10.0. The maximum atomic E-state index is 12.6. The molecule has 2 atom stereocenters. The number of piperidine rings is 1. The van der Waals surface area contributed by atoms with Crippen molar-refractivity contribution in [3.05, 3.63) is 29.3 Å². The Kier molecular flexibility index (Phi) is 3.63. The molecule has 0 radical (unpaired) electrons. The van der Waals surface area contributed by atoms with Crippen LogP contribution in [0.25, 0.3) is 10.2 Å². The highest BCUT2D eigenvalue weighted by Crippen LogP contribution is 2.25. The van der Waals surface area contributed by atoms with Crippen molar-refractivity contribution in [2.75, 3.05) is 13.1 Å². The number of nitrogens with zero attached hydrogens (tertiary/aromatic N) is 2. The SMILES string of the molecule is CC1CC(C(=O)O)CN(C(=O)c2ccc3ncsc3c2)C1. The summed E-state index contributed by atoms with van der Waals surface area (Å²) in [5, 5.41) is 9.20. The summed E-state index contributed by atoms with van der Waals surface area (Å²) in [4.78, 5) is 29.7. The third-order valence-corrected chi connectivity index (χ3v) is 4.67. The Morgan fingerprint density at radius 3 is 2.95 bits per heavy atom. The van der Waals surface area contributed by atoms with Crippen LogP contribution in [0.2, 0.25) is 0 Å². The van der Waals surface area contributed by atoms with Gasteiger partial charge in [-0.15, -0.1) is 11.3 Å². The lowest BCUT2D eigenvalue weighted by Gasteiger charge is -2.34. The zero-order valence-electron chi connectivity index (χ0n) is 11.7. The van der Waals surface area contributed by atoms with Crippen LogP contribution in [-0.2, 0) is 4.79 Å². The molecule has 0 spiro atoms. The van der Waals surface area contributed by atoms with Crippen molar-refractivity contribution >= 4 is 33.4 Å². The quantitative estimate of drug-likeness (QED) is 0.925. The van der Waals surface area contributed by atoms with E-state index in [4.69, 9.17) is 0 Å². The molecule has 1 amide bonds. The van der Waals surface area contributed by atoms with Gasteiger partial charge in [0.05, 0.1) is 21.6 Å². The second-order valence-corrected chi connectivity index (χ2v) is 6.51. The predicted octanol–water partition coefficient (Wildman–Crippen LogP) is 2.48. The normalized spacial score (nSPS) is 22.4. The van der Waals surface area contributed by atoms with Gasteiger partial charge in [-0.3, -0.25) is 9.59 Å². The molecule has 110 valence electrons. The van der Waals surface area contributed by atoms with E-state index in [1.54, 1.807) is 16.5 Å². The van der Waals surface area contributed by atoms with Gasteiger partial charge in [0, 0.05) is 18.7 Å². The van der Waals surface area contributed by atoms with Crippen molar-refractivity contribution in [3.63, 3.8) is 0 Å². The molecule has 1 N–H and O–H groups in total. The summed E-state index contributed by atoms with van der Waals surface area (Å²) in [6.45, 7) is 2.89. The number of carbonyl (C=O) groups excluding carboxylic acids is 1. The van der Waals surface area contributed by atoms with Gasteiger partial charge in [-0.1, -0.05) is 6.92 Å². The van der Waals surface area contributed by atoms with Crippen LogP contribution in [0.4, 0.5) is 0 Å². The van der Waals surface area contributed by atoms with E-state index in [1.165, 1.54) is 11.3 Å². The first kappa shape index (κ1) is 14.0. The minimum absolute atomic E-state index is 0.0944. The fraction of sp³-hybridized carbons (Fsp3) is 0.400. The van der Waals surface area contributed by atoms with E-state index >= 15 is 0 Å². The number of carboxylic acid groups (broad SMARTS) is 1. The monoisotopic (exact) mass is 304 g/mol. The van der Waals surface area contributed by atoms with E-state index in [9.17, 15) is 14.7 Å². The summed E-state index contributed by atoms with van der Waals surface area (Å²) < 4.78 is 0.973. The lowest BCUT2D eigenvalue weighted by atomic mass is 9.90. The van der Waals surface area contributed by atoms with Gasteiger partial charge in [-0.05, 0) is 30.5 Å². The van der Waals surface area contributed by atoms with Crippen LogP contribution >= 0.6 is 11.3 Å². The van der Waals surface area contributed by atoms with Crippen LogP contribution in [0.5, 0.6) is 0 Å². The number of rotatable bonds is 2. The molecule has 3 rings (SSSR count). The fourth-order valence-corrected chi connectivity index (χ4v) is 3.58. The van der Waals surface area contributed by atoms with Crippen molar-refractivity contribution in [1.29, 1.82) is 0 Å². The number of hydrogen-bond acceptors (Lipinski definition) is 4. The largest absolute Gasteiger partial charge is 0.481 e. The van der Waals surface area contributed by atoms with Crippen molar-refractivity contribution in [2.45, 2.75) is 13.3 Å². The van der Waals surface area contributed by atoms with E-state index in [-0.39, 0.29) is 11.8 Å². The Bertz CT molecular complexity index is 697. The van der Waals surface area contributed by atoms with E-state index < -0.39 is 11.9 Å². The molecule has 21 heavy (non-hydrogen) atoms. The van der Waals surface area contributed by atoms with Crippen LogP contribution in [0.3, 0.4) is 0 Å². The lowest BCUT2D eigenvalue weighted by molar-refractivity contribution is -0.143. The van der Waals surface area contributed by atoms with Crippen LogP contribution in [0.15, 0.2) is 23.7 Å². The highest BCUT2D eigenvalue weighted by Gasteiger charge is 2.32. The van der Waals surface area contributed by atoms with Gasteiger partial charge in [0.15, 0.2) is 0 Å². The van der Waals surface area contributed by atoms with Crippen molar-refractivity contribution in [1.82, 2.24) is 9.88 Å². The zero-order chi connectivity index (χ0) is 15.0. The van der Waals surface area contributed by atoms with Crippen molar-refractivity contribution in [2.24, 2.45) is 11.8 Å². The van der Waals surface area contributed by atoms with E-state index in [2.05, 4.69) is 4.98 Å². The first-order valence-electron chi connectivity index (χ1n) is 6.90. The Balaban J connectivity index is 1.84. The number of amides is 1. The summed E-state index contributed by atoms with van der Waals surface area (Å²) in [6, 6.07) is 5.44.